The zero-order chi connectivity index (χ0) is 12.3. The minimum Gasteiger partial charge on any atom is -0.381 e. The predicted molar refractivity (Wildman–Crippen MR) is 67.2 cm³/mol. The van der Waals surface area contributed by atoms with E-state index in [4.69, 9.17) is 4.74 Å². The third-order valence-corrected chi connectivity index (χ3v) is 3.41. The Morgan fingerprint density at radius 1 is 1.29 bits per heavy atom. The highest BCUT2D eigenvalue weighted by Gasteiger charge is 2.18. The summed E-state index contributed by atoms with van der Waals surface area (Å²) in [7, 11) is 0. The third kappa shape index (κ3) is 2.86. The summed E-state index contributed by atoms with van der Waals surface area (Å²) in [6.45, 7) is 5.52. The summed E-state index contributed by atoms with van der Waals surface area (Å²) in [6, 6.07) is 6.11. The molecule has 0 unspecified atom stereocenters. The number of carbonyl (C=O) groups is 1. The van der Waals surface area contributed by atoms with E-state index in [2.05, 4.69) is 5.32 Å². The number of amides is 1. The quantitative estimate of drug-likeness (QED) is 0.850. The van der Waals surface area contributed by atoms with Gasteiger partial charge in [-0.25, -0.2) is 0 Å². The number of carbonyl (C=O) groups excluding carboxylic acids is 1. The van der Waals surface area contributed by atoms with Gasteiger partial charge in [-0.05, 0) is 43.9 Å². The fourth-order valence-electron chi connectivity index (χ4n) is 2.10. The maximum absolute atomic E-state index is 12.1. The van der Waals surface area contributed by atoms with Crippen LogP contribution in [-0.2, 0) is 4.74 Å². The first-order chi connectivity index (χ1) is 8.18. The molecule has 0 atom stereocenters. The van der Waals surface area contributed by atoms with Crippen molar-refractivity contribution in [3.63, 3.8) is 0 Å². The summed E-state index contributed by atoms with van der Waals surface area (Å²) in [6.07, 6.45) is 1.83. The van der Waals surface area contributed by atoms with Gasteiger partial charge in [-0.3, -0.25) is 4.79 Å². The van der Waals surface area contributed by atoms with E-state index in [-0.39, 0.29) is 11.9 Å². The monoisotopic (exact) mass is 233 g/mol. The molecule has 1 N–H and O–H groups in total. The van der Waals surface area contributed by atoms with Gasteiger partial charge < -0.3 is 10.1 Å². The zero-order valence-electron chi connectivity index (χ0n) is 10.5. The van der Waals surface area contributed by atoms with Crippen LogP contribution in [0.5, 0.6) is 0 Å². The highest BCUT2D eigenvalue weighted by atomic mass is 16.5. The topological polar surface area (TPSA) is 38.3 Å². The molecule has 17 heavy (non-hydrogen) atoms. The van der Waals surface area contributed by atoms with Crippen LogP contribution in [0.15, 0.2) is 18.2 Å². The summed E-state index contributed by atoms with van der Waals surface area (Å²) in [5.41, 5.74) is 3.01. The lowest BCUT2D eigenvalue weighted by molar-refractivity contribution is 0.0696. The number of benzene rings is 1. The first-order valence-electron chi connectivity index (χ1n) is 6.13. The maximum Gasteiger partial charge on any atom is 0.251 e. The molecule has 1 saturated heterocycles. The molecule has 3 heteroatoms. The number of aryl methyl sites for hydroxylation is 1. The summed E-state index contributed by atoms with van der Waals surface area (Å²) < 4.78 is 5.28. The van der Waals surface area contributed by atoms with Crippen LogP contribution < -0.4 is 5.32 Å². The second-order valence-corrected chi connectivity index (χ2v) is 4.61. The second-order valence-electron chi connectivity index (χ2n) is 4.61. The Bertz CT molecular complexity index is 409. The van der Waals surface area contributed by atoms with E-state index in [9.17, 15) is 4.79 Å². The lowest BCUT2D eigenvalue weighted by Gasteiger charge is -2.23. The van der Waals surface area contributed by atoms with Crippen molar-refractivity contribution < 1.29 is 9.53 Å². The van der Waals surface area contributed by atoms with Crippen LogP contribution in [0.1, 0.15) is 34.3 Å². The molecule has 1 aliphatic heterocycles. The van der Waals surface area contributed by atoms with E-state index in [0.717, 1.165) is 42.7 Å². The Labute approximate surface area is 102 Å². The van der Waals surface area contributed by atoms with Crippen LogP contribution in [0.3, 0.4) is 0 Å². The standard InChI is InChI=1S/C14H19NO2/c1-10-4-3-5-13(11(10)2)14(16)15-12-6-8-17-9-7-12/h3-5,12H,6-9H2,1-2H3,(H,15,16). The van der Waals surface area contributed by atoms with Crippen molar-refractivity contribution in [3.8, 4) is 0 Å². The van der Waals surface area contributed by atoms with Gasteiger partial charge in [0.2, 0.25) is 0 Å². The lowest BCUT2D eigenvalue weighted by atomic mass is 10.0. The second kappa shape index (κ2) is 5.32. The fraction of sp³-hybridized carbons (Fsp3) is 0.500. The minimum absolute atomic E-state index is 0.0399. The molecule has 1 fully saturated rings. The summed E-state index contributed by atoms with van der Waals surface area (Å²) in [4.78, 5) is 12.1. The zero-order valence-corrected chi connectivity index (χ0v) is 10.5. The Hall–Kier alpha value is -1.35. The Morgan fingerprint density at radius 3 is 2.71 bits per heavy atom. The first-order valence-corrected chi connectivity index (χ1v) is 6.13. The average molecular weight is 233 g/mol. The molecule has 0 aromatic heterocycles. The van der Waals surface area contributed by atoms with Gasteiger partial charge in [0.15, 0.2) is 0 Å². The Balaban J connectivity index is 2.06. The predicted octanol–water partition coefficient (Wildman–Crippen LogP) is 2.21. The number of nitrogens with one attached hydrogen (secondary N) is 1. The van der Waals surface area contributed by atoms with Crippen LogP contribution in [-0.4, -0.2) is 25.2 Å². The average Bonchev–Trinajstić information content (AvgIpc) is 2.34. The van der Waals surface area contributed by atoms with Crippen molar-refractivity contribution in [1.29, 1.82) is 0 Å². The van der Waals surface area contributed by atoms with Gasteiger partial charge in [0.1, 0.15) is 0 Å². The Kier molecular flexibility index (Phi) is 3.79. The molecular weight excluding hydrogens is 214 g/mol. The molecule has 0 aliphatic carbocycles. The highest BCUT2D eigenvalue weighted by molar-refractivity contribution is 5.96. The van der Waals surface area contributed by atoms with Gasteiger partial charge in [-0.2, -0.15) is 0 Å². The van der Waals surface area contributed by atoms with Crippen LogP contribution in [0.4, 0.5) is 0 Å². The van der Waals surface area contributed by atoms with E-state index in [0.29, 0.717) is 0 Å². The highest BCUT2D eigenvalue weighted by Crippen LogP contribution is 2.14. The molecule has 1 heterocycles. The van der Waals surface area contributed by atoms with Crippen LogP contribution in [0.25, 0.3) is 0 Å². The van der Waals surface area contributed by atoms with Gasteiger partial charge in [0, 0.05) is 24.8 Å². The van der Waals surface area contributed by atoms with Gasteiger partial charge in [-0.15, -0.1) is 0 Å². The van der Waals surface area contributed by atoms with Crippen LogP contribution >= 0.6 is 0 Å². The van der Waals surface area contributed by atoms with E-state index in [1.54, 1.807) is 0 Å². The number of rotatable bonds is 2. The molecule has 1 aromatic rings. The molecule has 1 aliphatic rings. The van der Waals surface area contributed by atoms with Gasteiger partial charge in [0.05, 0.1) is 0 Å². The molecule has 2 rings (SSSR count). The van der Waals surface area contributed by atoms with Gasteiger partial charge >= 0.3 is 0 Å². The van der Waals surface area contributed by atoms with E-state index in [1.165, 1.54) is 0 Å². The van der Waals surface area contributed by atoms with Crippen molar-refractivity contribution in [2.24, 2.45) is 0 Å². The maximum atomic E-state index is 12.1. The molecule has 0 bridgehead atoms. The van der Waals surface area contributed by atoms with Crippen molar-refractivity contribution in [2.45, 2.75) is 32.7 Å². The largest absolute Gasteiger partial charge is 0.381 e. The van der Waals surface area contributed by atoms with E-state index >= 15 is 0 Å². The fourth-order valence-corrected chi connectivity index (χ4v) is 2.10. The van der Waals surface area contributed by atoms with Crippen molar-refractivity contribution in [2.75, 3.05) is 13.2 Å². The van der Waals surface area contributed by atoms with Crippen molar-refractivity contribution in [3.05, 3.63) is 34.9 Å². The third-order valence-electron chi connectivity index (χ3n) is 3.41. The van der Waals surface area contributed by atoms with Crippen LogP contribution in [0.2, 0.25) is 0 Å². The lowest BCUT2D eigenvalue weighted by Crippen LogP contribution is -2.39. The molecule has 1 amide bonds. The Morgan fingerprint density at radius 2 is 2.00 bits per heavy atom. The van der Waals surface area contributed by atoms with Gasteiger partial charge in [0.25, 0.3) is 5.91 Å². The van der Waals surface area contributed by atoms with Crippen LogP contribution in [0, 0.1) is 13.8 Å². The normalized spacial score (nSPS) is 16.8. The number of ether oxygens (including phenoxy) is 1. The summed E-state index contributed by atoms with van der Waals surface area (Å²) in [5, 5.41) is 3.08. The molecule has 0 radical (unpaired) electrons. The smallest absolute Gasteiger partial charge is 0.251 e. The minimum atomic E-state index is 0.0399. The number of hydrogen-bond donors (Lipinski definition) is 1. The molecule has 92 valence electrons. The van der Waals surface area contributed by atoms with E-state index < -0.39 is 0 Å². The molecule has 1 aromatic carbocycles. The molecular formula is C14H19NO2. The first kappa shape index (κ1) is 12.1. The summed E-state index contributed by atoms with van der Waals surface area (Å²) >= 11 is 0. The van der Waals surface area contributed by atoms with Gasteiger partial charge in [-0.1, -0.05) is 12.1 Å². The SMILES string of the molecule is Cc1cccc(C(=O)NC2CCOCC2)c1C. The van der Waals surface area contributed by atoms with Crippen molar-refractivity contribution in [1.82, 2.24) is 5.32 Å². The molecule has 0 spiro atoms. The molecule has 0 saturated carbocycles. The summed E-state index contributed by atoms with van der Waals surface area (Å²) in [5.74, 6) is 0.0399. The number of hydrogen-bond acceptors (Lipinski definition) is 2. The van der Waals surface area contributed by atoms with E-state index in [1.807, 2.05) is 32.0 Å². The van der Waals surface area contributed by atoms with Crippen molar-refractivity contribution >= 4 is 5.91 Å². The molecule has 3 nitrogen and oxygen atoms in total.